The van der Waals surface area contributed by atoms with E-state index in [4.69, 9.17) is 5.73 Å². The first-order valence-electron chi connectivity index (χ1n) is 9.43. The lowest BCUT2D eigenvalue weighted by atomic mass is 10.1. The van der Waals surface area contributed by atoms with E-state index in [0.717, 1.165) is 23.0 Å². The van der Waals surface area contributed by atoms with Crippen LogP contribution >= 0.6 is 0 Å². The fraction of sp³-hybridized carbons (Fsp3) is 0.0833. The topological polar surface area (TPSA) is 72.4 Å². The molecule has 4 aromatic rings. The maximum Gasteiger partial charge on any atom is 0.273 e. The van der Waals surface area contributed by atoms with Crippen molar-refractivity contribution in [1.82, 2.24) is 9.99 Å². The molecule has 1 amide bonds. The van der Waals surface area contributed by atoms with Crippen LogP contribution in [-0.2, 0) is 6.54 Å². The molecule has 4 rings (SSSR count). The van der Waals surface area contributed by atoms with Crippen molar-refractivity contribution in [3.05, 3.63) is 101 Å². The number of aryl methyl sites for hydroxylation is 1. The van der Waals surface area contributed by atoms with Crippen molar-refractivity contribution in [2.45, 2.75) is 13.5 Å². The van der Waals surface area contributed by atoms with E-state index < -0.39 is 0 Å². The van der Waals surface area contributed by atoms with Gasteiger partial charge < -0.3 is 10.3 Å². The summed E-state index contributed by atoms with van der Waals surface area (Å²) in [6, 6.07) is 23.6. The number of anilines is 1. The average Bonchev–Trinajstić information content (AvgIpc) is 3.08. The predicted octanol–water partition coefficient (Wildman–Crippen LogP) is 4.34. The number of amides is 1. The molecule has 0 atom stereocenters. The summed E-state index contributed by atoms with van der Waals surface area (Å²) < 4.78 is 2.19. The Bertz CT molecular complexity index is 1190. The third-order valence-electron chi connectivity index (χ3n) is 4.87. The molecule has 5 heteroatoms. The van der Waals surface area contributed by atoms with Crippen molar-refractivity contribution in [2.24, 2.45) is 5.10 Å². The van der Waals surface area contributed by atoms with Crippen molar-refractivity contribution in [1.29, 1.82) is 0 Å². The molecule has 0 saturated heterocycles. The van der Waals surface area contributed by atoms with E-state index in [2.05, 4.69) is 64.6 Å². The Kier molecular flexibility index (Phi) is 5.12. The Balaban J connectivity index is 1.57. The van der Waals surface area contributed by atoms with E-state index >= 15 is 0 Å². The SMILES string of the molecule is Cc1ccc(Cn2cc(/C=N\NC(=O)c3ccccc3N)c3ccccc32)cc1. The van der Waals surface area contributed by atoms with E-state index in [1.807, 2.05) is 12.1 Å². The summed E-state index contributed by atoms with van der Waals surface area (Å²) >= 11 is 0. The molecule has 3 N–H and O–H groups in total. The number of para-hydroxylation sites is 2. The van der Waals surface area contributed by atoms with Gasteiger partial charge in [0, 0.05) is 34.9 Å². The molecule has 0 spiro atoms. The first-order chi connectivity index (χ1) is 14.1. The highest BCUT2D eigenvalue weighted by Crippen LogP contribution is 2.21. The van der Waals surface area contributed by atoms with Gasteiger partial charge in [0.1, 0.15) is 0 Å². The van der Waals surface area contributed by atoms with Gasteiger partial charge >= 0.3 is 0 Å². The predicted molar refractivity (Wildman–Crippen MR) is 118 cm³/mol. The second kappa shape index (κ2) is 8.02. The Morgan fingerprint density at radius 3 is 2.55 bits per heavy atom. The molecule has 1 heterocycles. The third kappa shape index (κ3) is 4.04. The minimum Gasteiger partial charge on any atom is -0.398 e. The van der Waals surface area contributed by atoms with Gasteiger partial charge in [0.05, 0.1) is 11.8 Å². The Morgan fingerprint density at radius 2 is 1.76 bits per heavy atom. The van der Waals surface area contributed by atoms with Crippen LogP contribution in [0.15, 0.2) is 84.1 Å². The van der Waals surface area contributed by atoms with Crippen LogP contribution in [0.5, 0.6) is 0 Å². The van der Waals surface area contributed by atoms with Gasteiger partial charge in [0.25, 0.3) is 5.91 Å². The van der Waals surface area contributed by atoms with Crippen LogP contribution < -0.4 is 11.2 Å². The van der Waals surface area contributed by atoms with Gasteiger partial charge in [0.2, 0.25) is 0 Å². The van der Waals surface area contributed by atoms with Crippen molar-refractivity contribution in [3.8, 4) is 0 Å². The molecule has 144 valence electrons. The van der Waals surface area contributed by atoms with Crippen LogP contribution in [-0.4, -0.2) is 16.7 Å². The number of benzene rings is 3. The van der Waals surface area contributed by atoms with Gasteiger partial charge in [-0.1, -0.05) is 60.2 Å². The second-order valence-electron chi connectivity index (χ2n) is 7.00. The summed E-state index contributed by atoms with van der Waals surface area (Å²) in [5, 5.41) is 5.23. The van der Waals surface area contributed by atoms with Crippen molar-refractivity contribution in [3.63, 3.8) is 0 Å². The molecule has 0 bridgehead atoms. The van der Waals surface area contributed by atoms with Crippen LogP contribution in [0.2, 0.25) is 0 Å². The van der Waals surface area contributed by atoms with E-state index in [0.29, 0.717) is 11.3 Å². The van der Waals surface area contributed by atoms with E-state index in [1.165, 1.54) is 11.1 Å². The molecule has 0 radical (unpaired) electrons. The maximum absolute atomic E-state index is 12.3. The largest absolute Gasteiger partial charge is 0.398 e. The monoisotopic (exact) mass is 382 g/mol. The molecular formula is C24H22N4O. The number of hydrogen-bond donors (Lipinski definition) is 2. The van der Waals surface area contributed by atoms with E-state index in [-0.39, 0.29) is 5.91 Å². The quantitative estimate of drug-likeness (QED) is 0.306. The Morgan fingerprint density at radius 1 is 1.03 bits per heavy atom. The molecule has 0 aliphatic rings. The summed E-state index contributed by atoms with van der Waals surface area (Å²) in [6.45, 7) is 2.85. The number of hydrazone groups is 1. The van der Waals surface area contributed by atoms with Crippen LogP contribution in [0.4, 0.5) is 5.69 Å². The smallest absolute Gasteiger partial charge is 0.273 e. The number of carbonyl (C=O) groups excluding carboxylic acids is 1. The number of hydrogen-bond acceptors (Lipinski definition) is 3. The zero-order valence-electron chi connectivity index (χ0n) is 16.2. The highest BCUT2D eigenvalue weighted by atomic mass is 16.2. The molecule has 3 aromatic carbocycles. The minimum absolute atomic E-state index is 0.331. The number of nitrogen functional groups attached to an aromatic ring is 1. The lowest BCUT2D eigenvalue weighted by molar-refractivity contribution is 0.0956. The summed E-state index contributed by atoms with van der Waals surface area (Å²) in [7, 11) is 0. The van der Waals surface area contributed by atoms with Gasteiger partial charge in [-0.15, -0.1) is 0 Å². The summed E-state index contributed by atoms with van der Waals surface area (Å²) in [5.74, 6) is -0.331. The number of aromatic nitrogens is 1. The third-order valence-corrected chi connectivity index (χ3v) is 4.87. The molecule has 0 unspecified atom stereocenters. The normalized spacial score (nSPS) is 11.2. The van der Waals surface area contributed by atoms with E-state index in [9.17, 15) is 4.79 Å². The first kappa shape index (κ1) is 18.5. The molecule has 1 aromatic heterocycles. The maximum atomic E-state index is 12.3. The molecule has 0 aliphatic heterocycles. The van der Waals surface area contributed by atoms with E-state index in [1.54, 1.807) is 30.5 Å². The highest BCUT2D eigenvalue weighted by molar-refractivity contribution is 6.02. The standard InChI is InChI=1S/C24H22N4O/c1-17-10-12-18(13-11-17)15-28-16-19(20-6-3-5-9-23(20)28)14-26-27-24(29)21-7-2-4-8-22(21)25/h2-14,16H,15,25H2,1H3,(H,27,29)/b26-14-. The molecule has 0 fully saturated rings. The first-order valence-corrected chi connectivity index (χ1v) is 9.43. The fourth-order valence-electron chi connectivity index (χ4n) is 3.32. The van der Waals surface area contributed by atoms with Crippen molar-refractivity contribution in [2.75, 3.05) is 5.73 Å². The van der Waals surface area contributed by atoms with Crippen molar-refractivity contribution >= 4 is 28.7 Å². The minimum atomic E-state index is -0.331. The molecule has 5 nitrogen and oxygen atoms in total. The van der Waals surface area contributed by atoms with Gasteiger partial charge in [-0.2, -0.15) is 5.10 Å². The number of carbonyl (C=O) groups is 1. The van der Waals surface area contributed by atoms with Crippen LogP contribution in [0, 0.1) is 6.92 Å². The van der Waals surface area contributed by atoms with Gasteiger partial charge in [-0.05, 0) is 30.7 Å². The molecule has 0 aliphatic carbocycles. The summed E-state index contributed by atoms with van der Waals surface area (Å²) in [4.78, 5) is 12.3. The average molecular weight is 382 g/mol. The highest BCUT2D eigenvalue weighted by Gasteiger charge is 2.09. The second-order valence-corrected chi connectivity index (χ2v) is 7.00. The number of rotatable bonds is 5. The van der Waals surface area contributed by atoms with Gasteiger partial charge in [0.15, 0.2) is 0 Å². The molecule has 0 saturated carbocycles. The molecule has 29 heavy (non-hydrogen) atoms. The number of nitrogens with one attached hydrogen (secondary N) is 1. The zero-order valence-corrected chi connectivity index (χ0v) is 16.2. The van der Waals surface area contributed by atoms with Crippen LogP contribution in [0.25, 0.3) is 10.9 Å². The summed E-state index contributed by atoms with van der Waals surface area (Å²) in [5.41, 5.74) is 13.8. The van der Waals surface area contributed by atoms with Gasteiger partial charge in [-0.25, -0.2) is 5.43 Å². The van der Waals surface area contributed by atoms with Gasteiger partial charge in [-0.3, -0.25) is 4.79 Å². The Labute approximate surface area is 169 Å². The molecular weight excluding hydrogens is 360 g/mol. The number of nitrogens with two attached hydrogens (primary N) is 1. The Hall–Kier alpha value is -3.86. The van der Waals surface area contributed by atoms with Crippen LogP contribution in [0.3, 0.4) is 0 Å². The zero-order chi connectivity index (χ0) is 20.2. The summed E-state index contributed by atoms with van der Waals surface area (Å²) in [6.07, 6.45) is 3.72. The van der Waals surface area contributed by atoms with Crippen LogP contribution in [0.1, 0.15) is 27.0 Å². The number of nitrogens with zero attached hydrogens (tertiary/aromatic N) is 2. The fourth-order valence-corrected chi connectivity index (χ4v) is 3.32. The lowest BCUT2D eigenvalue weighted by Crippen LogP contribution is -2.18. The lowest BCUT2D eigenvalue weighted by Gasteiger charge is -2.06. The number of fused-ring (bicyclic) bond motifs is 1. The van der Waals surface area contributed by atoms with Crippen molar-refractivity contribution < 1.29 is 4.79 Å².